The van der Waals surface area contributed by atoms with Crippen LogP contribution in [0, 0.1) is 0 Å². The first-order chi connectivity index (χ1) is 5.29. The Labute approximate surface area is 64.8 Å². The fourth-order valence-electron chi connectivity index (χ4n) is 1.01. The Morgan fingerprint density at radius 2 is 2.09 bits per heavy atom. The van der Waals surface area contributed by atoms with Crippen molar-refractivity contribution in [2.45, 2.75) is 0 Å². The fourth-order valence-corrected chi connectivity index (χ4v) is 1.01. The lowest BCUT2D eigenvalue weighted by Gasteiger charge is -2.26. The summed E-state index contributed by atoms with van der Waals surface area (Å²) in [5, 5.41) is 9.60. The second-order valence-electron chi connectivity index (χ2n) is 2.38. The molecule has 0 saturated carbocycles. The van der Waals surface area contributed by atoms with Gasteiger partial charge in [-0.15, -0.1) is 5.12 Å². The van der Waals surface area contributed by atoms with Crippen molar-refractivity contribution in [3.8, 4) is 0 Å². The zero-order valence-electron chi connectivity index (χ0n) is 6.47. The Kier molecular flexibility index (Phi) is 1.19. The number of nitrogens with zero attached hydrogens (tertiary/aromatic N) is 5. The van der Waals surface area contributed by atoms with E-state index < -0.39 is 0 Å². The SMILES string of the molecule is CN1C=C2N=CC=NN2N1C. The van der Waals surface area contributed by atoms with Gasteiger partial charge in [0.1, 0.15) is 0 Å². The van der Waals surface area contributed by atoms with E-state index in [2.05, 4.69) is 10.1 Å². The molecular weight excluding hydrogens is 142 g/mol. The predicted octanol–water partition coefficient (Wildman–Crippen LogP) is -0.135. The standard InChI is InChI=1S/C6H9N5/c1-9-5-6-7-3-4-8-11(6)10(9)2/h3-5H,1-2H3. The molecule has 0 bridgehead atoms. The molecule has 0 saturated heterocycles. The minimum atomic E-state index is 0.845. The van der Waals surface area contributed by atoms with Gasteiger partial charge in [-0.3, -0.25) is 5.01 Å². The van der Waals surface area contributed by atoms with Gasteiger partial charge in [-0.05, 0) is 0 Å². The molecule has 0 atom stereocenters. The first-order valence-electron chi connectivity index (χ1n) is 3.34. The second kappa shape index (κ2) is 2.06. The van der Waals surface area contributed by atoms with Gasteiger partial charge >= 0.3 is 0 Å². The number of rotatable bonds is 0. The molecule has 0 amide bonds. The number of aliphatic imine (C=N–C) groups is 1. The molecule has 58 valence electrons. The van der Waals surface area contributed by atoms with Crippen molar-refractivity contribution < 1.29 is 0 Å². The van der Waals surface area contributed by atoms with Crippen molar-refractivity contribution >= 4 is 12.4 Å². The van der Waals surface area contributed by atoms with E-state index in [1.54, 1.807) is 17.5 Å². The van der Waals surface area contributed by atoms with Crippen molar-refractivity contribution in [2.24, 2.45) is 10.1 Å². The summed E-state index contributed by atoms with van der Waals surface area (Å²) in [5.41, 5.74) is 0. The summed E-state index contributed by atoms with van der Waals surface area (Å²) in [7, 11) is 3.86. The lowest BCUT2D eigenvalue weighted by molar-refractivity contribution is -0.0748. The Balaban J connectivity index is 2.32. The average Bonchev–Trinajstić information content (AvgIpc) is 2.30. The van der Waals surface area contributed by atoms with Crippen LogP contribution in [0.4, 0.5) is 0 Å². The molecule has 5 heteroatoms. The minimum Gasteiger partial charge on any atom is -0.293 e. The smallest absolute Gasteiger partial charge is 0.186 e. The van der Waals surface area contributed by atoms with Crippen LogP contribution < -0.4 is 0 Å². The van der Waals surface area contributed by atoms with Gasteiger partial charge in [0.2, 0.25) is 0 Å². The molecule has 0 aliphatic carbocycles. The molecule has 0 N–H and O–H groups in total. The van der Waals surface area contributed by atoms with Crippen LogP contribution in [0.1, 0.15) is 0 Å². The summed E-state index contributed by atoms with van der Waals surface area (Å²) in [6.07, 6.45) is 5.25. The first-order valence-corrected chi connectivity index (χ1v) is 3.34. The van der Waals surface area contributed by atoms with Crippen LogP contribution >= 0.6 is 0 Å². The van der Waals surface area contributed by atoms with Crippen molar-refractivity contribution in [3.63, 3.8) is 0 Å². The molecule has 0 aromatic carbocycles. The van der Waals surface area contributed by atoms with Gasteiger partial charge in [0, 0.05) is 20.3 Å². The summed E-state index contributed by atoms with van der Waals surface area (Å²) in [5.74, 6) is 0.845. The van der Waals surface area contributed by atoms with E-state index in [-0.39, 0.29) is 0 Å². The average molecular weight is 151 g/mol. The summed E-state index contributed by atoms with van der Waals surface area (Å²) < 4.78 is 0. The molecule has 5 nitrogen and oxygen atoms in total. The highest BCUT2D eigenvalue weighted by Crippen LogP contribution is 2.19. The number of fused-ring (bicyclic) bond motifs is 1. The van der Waals surface area contributed by atoms with Crippen molar-refractivity contribution in [2.75, 3.05) is 14.1 Å². The normalized spacial score (nSPS) is 22.5. The van der Waals surface area contributed by atoms with Crippen LogP contribution in [-0.2, 0) is 0 Å². The van der Waals surface area contributed by atoms with Crippen molar-refractivity contribution in [1.82, 2.24) is 15.2 Å². The van der Waals surface area contributed by atoms with Crippen LogP contribution in [0.2, 0.25) is 0 Å². The van der Waals surface area contributed by atoms with Gasteiger partial charge in [0.15, 0.2) is 5.82 Å². The van der Waals surface area contributed by atoms with E-state index in [0.717, 1.165) is 5.82 Å². The predicted molar refractivity (Wildman–Crippen MR) is 42.4 cm³/mol. The zero-order valence-corrected chi connectivity index (χ0v) is 6.47. The number of hydrazine groups is 2. The zero-order chi connectivity index (χ0) is 7.84. The van der Waals surface area contributed by atoms with Crippen LogP contribution in [0.3, 0.4) is 0 Å². The first kappa shape index (κ1) is 6.36. The molecule has 0 spiro atoms. The summed E-state index contributed by atoms with van der Waals surface area (Å²) in [4.78, 5) is 4.12. The van der Waals surface area contributed by atoms with E-state index in [9.17, 15) is 0 Å². The highest BCUT2D eigenvalue weighted by Gasteiger charge is 2.24. The second-order valence-corrected chi connectivity index (χ2v) is 2.38. The van der Waals surface area contributed by atoms with Crippen molar-refractivity contribution in [3.05, 3.63) is 12.0 Å². The minimum absolute atomic E-state index is 0.845. The van der Waals surface area contributed by atoms with Gasteiger partial charge in [-0.25, -0.2) is 4.99 Å². The Bertz CT molecular complexity index is 254. The monoisotopic (exact) mass is 151 g/mol. The van der Waals surface area contributed by atoms with Gasteiger partial charge in [0.25, 0.3) is 0 Å². The number of hydrogen-bond donors (Lipinski definition) is 0. The maximum Gasteiger partial charge on any atom is 0.186 e. The number of hydrazone groups is 1. The molecule has 0 unspecified atom stereocenters. The highest BCUT2D eigenvalue weighted by molar-refractivity contribution is 6.16. The fraction of sp³-hybridized carbons (Fsp3) is 0.333. The molecule has 2 aliphatic rings. The Morgan fingerprint density at radius 3 is 2.82 bits per heavy atom. The molecule has 2 aliphatic heterocycles. The van der Waals surface area contributed by atoms with Gasteiger partial charge < -0.3 is 0 Å². The number of hydrogen-bond acceptors (Lipinski definition) is 5. The Morgan fingerprint density at radius 1 is 1.27 bits per heavy atom. The third-order valence-corrected chi connectivity index (χ3v) is 1.69. The van der Waals surface area contributed by atoms with E-state index >= 15 is 0 Å². The van der Waals surface area contributed by atoms with Crippen LogP contribution in [0.15, 0.2) is 22.1 Å². The maximum atomic E-state index is 4.12. The summed E-state index contributed by atoms with van der Waals surface area (Å²) >= 11 is 0. The molecule has 0 radical (unpaired) electrons. The molecular formula is C6H9N5. The van der Waals surface area contributed by atoms with Gasteiger partial charge in [-0.2, -0.15) is 10.2 Å². The lowest BCUT2D eigenvalue weighted by Crippen LogP contribution is -2.37. The van der Waals surface area contributed by atoms with E-state index in [1.165, 1.54) is 0 Å². The lowest BCUT2D eigenvalue weighted by atomic mass is 10.7. The quantitative estimate of drug-likeness (QED) is 0.483. The molecule has 11 heavy (non-hydrogen) atoms. The van der Waals surface area contributed by atoms with Crippen LogP contribution in [-0.4, -0.2) is 41.8 Å². The van der Waals surface area contributed by atoms with E-state index in [0.29, 0.717) is 0 Å². The van der Waals surface area contributed by atoms with Crippen LogP contribution in [0.5, 0.6) is 0 Å². The molecule has 2 rings (SSSR count). The third kappa shape index (κ3) is 0.813. The largest absolute Gasteiger partial charge is 0.293 e. The van der Waals surface area contributed by atoms with Crippen molar-refractivity contribution in [1.29, 1.82) is 0 Å². The van der Waals surface area contributed by atoms with Gasteiger partial charge in [0.05, 0.1) is 12.4 Å². The van der Waals surface area contributed by atoms with Crippen LogP contribution in [0.25, 0.3) is 0 Å². The summed E-state index contributed by atoms with van der Waals surface area (Å²) in [6.45, 7) is 0. The van der Waals surface area contributed by atoms with E-state index in [1.807, 2.05) is 30.4 Å². The molecule has 2 heterocycles. The third-order valence-electron chi connectivity index (χ3n) is 1.69. The molecule has 0 fully saturated rings. The maximum absolute atomic E-state index is 4.12. The Hall–Kier alpha value is -1.36. The summed E-state index contributed by atoms with van der Waals surface area (Å²) in [6, 6.07) is 0. The molecule has 0 aromatic rings. The highest BCUT2D eigenvalue weighted by atomic mass is 16.0. The topological polar surface area (TPSA) is 34.4 Å². The van der Waals surface area contributed by atoms with E-state index in [4.69, 9.17) is 0 Å². The van der Waals surface area contributed by atoms with Gasteiger partial charge in [-0.1, -0.05) is 0 Å². The molecule has 0 aromatic heterocycles.